The molecule has 0 aliphatic carbocycles. The summed E-state index contributed by atoms with van der Waals surface area (Å²) in [5.74, 6) is -0.274. The smallest absolute Gasteiger partial charge is 0.141 e. The summed E-state index contributed by atoms with van der Waals surface area (Å²) in [6, 6.07) is 4.01. The van der Waals surface area contributed by atoms with Gasteiger partial charge in [-0.3, -0.25) is 4.98 Å². The summed E-state index contributed by atoms with van der Waals surface area (Å²) in [5.41, 5.74) is 0.934. The van der Waals surface area contributed by atoms with Crippen molar-refractivity contribution in [1.82, 2.24) is 10.3 Å². The molecule has 0 spiro atoms. The van der Waals surface area contributed by atoms with Crippen LogP contribution in [0.1, 0.15) is 58.2 Å². The first-order valence-corrected chi connectivity index (χ1v) is 6.58. The Morgan fingerprint density at radius 2 is 2.00 bits per heavy atom. The molecule has 0 radical (unpaired) electrons. The first-order chi connectivity index (χ1) is 8.21. The van der Waals surface area contributed by atoms with E-state index in [4.69, 9.17) is 0 Å². The van der Waals surface area contributed by atoms with Gasteiger partial charge in [-0.05, 0) is 31.4 Å². The number of halogens is 1. The van der Waals surface area contributed by atoms with E-state index in [-0.39, 0.29) is 11.9 Å². The van der Waals surface area contributed by atoms with Crippen LogP contribution in [0.3, 0.4) is 0 Å². The molecule has 0 saturated carbocycles. The predicted molar refractivity (Wildman–Crippen MR) is 69.3 cm³/mol. The van der Waals surface area contributed by atoms with E-state index in [2.05, 4.69) is 31.1 Å². The van der Waals surface area contributed by atoms with Crippen LogP contribution >= 0.6 is 0 Å². The number of hydrogen-bond donors (Lipinski definition) is 1. The van der Waals surface area contributed by atoms with Gasteiger partial charge in [-0.1, -0.05) is 27.2 Å². The molecule has 1 heterocycles. The maximum absolute atomic E-state index is 12.8. The zero-order valence-electron chi connectivity index (χ0n) is 11.0. The number of rotatable bonds is 7. The average Bonchev–Trinajstić information content (AvgIpc) is 2.36. The van der Waals surface area contributed by atoms with E-state index in [1.54, 1.807) is 6.07 Å². The van der Waals surface area contributed by atoms with Gasteiger partial charge in [-0.15, -0.1) is 0 Å². The van der Waals surface area contributed by atoms with Crippen molar-refractivity contribution in [2.75, 3.05) is 0 Å². The molecule has 1 rings (SSSR count). The van der Waals surface area contributed by atoms with Gasteiger partial charge < -0.3 is 5.32 Å². The van der Waals surface area contributed by atoms with Crippen LogP contribution in [0.5, 0.6) is 0 Å². The molecule has 2 nitrogen and oxygen atoms in total. The van der Waals surface area contributed by atoms with Crippen molar-refractivity contribution >= 4 is 0 Å². The number of pyridine rings is 1. The number of nitrogens with zero attached hydrogens (tertiary/aromatic N) is 1. The van der Waals surface area contributed by atoms with Crippen LogP contribution in [-0.2, 0) is 0 Å². The summed E-state index contributed by atoms with van der Waals surface area (Å²) >= 11 is 0. The predicted octanol–water partition coefficient (Wildman–Crippen LogP) is 3.84. The first kappa shape index (κ1) is 14.1. The van der Waals surface area contributed by atoms with E-state index in [1.807, 2.05) is 0 Å². The van der Waals surface area contributed by atoms with Crippen LogP contribution in [0, 0.1) is 5.82 Å². The molecule has 1 N–H and O–H groups in total. The van der Waals surface area contributed by atoms with Crippen molar-refractivity contribution in [3.63, 3.8) is 0 Å². The number of nitrogens with one attached hydrogen (secondary N) is 1. The molecule has 96 valence electrons. The van der Waals surface area contributed by atoms with Crippen molar-refractivity contribution in [2.24, 2.45) is 0 Å². The Labute approximate surface area is 104 Å². The van der Waals surface area contributed by atoms with Crippen molar-refractivity contribution in [2.45, 2.75) is 58.5 Å². The minimum Gasteiger partial charge on any atom is -0.306 e. The normalized spacial score (nSPS) is 14.6. The molecular weight excluding hydrogens is 215 g/mol. The zero-order chi connectivity index (χ0) is 12.7. The van der Waals surface area contributed by atoms with Crippen molar-refractivity contribution in [1.29, 1.82) is 0 Å². The third-order valence-electron chi connectivity index (χ3n) is 3.08. The Morgan fingerprint density at radius 1 is 1.24 bits per heavy atom. The van der Waals surface area contributed by atoms with Gasteiger partial charge in [-0.2, -0.15) is 0 Å². The monoisotopic (exact) mass is 238 g/mol. The Bertz CT molecular complexity index is 311. The van der Waals surface area contributed by atoms with E-state index in [1.165, 1.54) is 25.1 Å². The van der Waals surface area contributed by atoms with Gasteiger partial charge in [0.2, 0.25) is 0 Å². The quantitative estimate of drug-likeness (QED) is 0.780. The lowest BCUT2D eigenvalue weighted by atomic mass is 10.0. The minimum absolute atomic E-state index is 0.229. The van der Waals surface area contributed by atoms with Crippen molar-refractivity contribution in [3.8, 4) is 0 Å². The van der Waals surface area contributed by atoms with E-state index >= 15 is 0 Å². The molecule has 1 aromatic heterocycles. The van der Waals surface area contributed by atoms with E-state index in [0.717, 1.165) is 18.5 Å². The SMILES string of the molecule is CCCC(CC)NC(CC)c1ccc(F)cn1. The molecule has 17 heavy (non-hydrogen) atoms. The fourth-order valence-corrected chi connectivity index (χ4v) is 2.04. The van der Waals surface area contributed by atoms with Crippen LogP contribution in [0.15, 0.2) is 18.3 Å². The summed E-state index contributed by atoms with van der Waals surface area (Å²) in [7, 11) is 0. The van der Waals surface area contributed by atoms with Gasteiger partial charge >= 0.3 is 0 Å². The maximum atomic E-state index is 12.8. The van der Waals surface area contributed by atoms with Crippen LogP contribution in [0.2, 0.25) is 0 Å². The molecule has 0 aliphatic heterocycles. The van der Waals surface area contributed by atoms with Gasteiger partial charge in [0.15, 0.2) is 0 Å². The molecular formula is C14H23FN2. The highest BCUT2D eigenvalue weighted by Gasteiger charge is 2.14. The third kappa shape index (κ3) is 4.43. The highest BCUT2D eigenvalue weighted by atomic mass is 19.1. The average molecular weight is 238 g/mol. The molecule has 2 unspecified atom stereocenters. The third-order valence-corrected chi connectivity index (χ3v) is 3.08. The minimum atomic E-state index is -0.274. The van der Waals surface area contributed by atoms with Crippen LogP contribution in [0.4, 0.5) is 4.39 Å². The highest BCUT2D eigenvalue weighted by Crippen LogP contribution is 2.17. The maximum Gasteiger partial charge on any atom is 0.141 e. The molecule has 3 heteroatoms. The van der Waals surface area contributed by atoms with Crippen LogP contribution in [0.25, 0.3) is 0 Å². The first-order valence-electron chi connectivity index (χ1n) is 6.58. The Balaban J connectivity index is 2.67. The summed E-state index contributed by atoms with van der Waals surface area (Å²) < 4.78 is 12.8. The fraction of sp³-hybridized carbons (Fsp3) is 0.643. The fourth-order valence-electron chi connectivity index (χ4n) is 2.04. The summed E-state index contributed by atoms with van der Waals surface area (Å²) in [6.07, 6.45) is 5.73. The van der Waals surface area contributed by atoms with Gasteiger partial charge in [0, 0.05) is 12.1 Å². The molecule has 0 saturated heterocycles. The molecule has 2 atom stereocenters. The summed E-state index contributed by atoms with van der Waals surface area (Å²) in [6.45, 7) is 6.51. The Morgan fingerprint density at radius 3 is 2.47 bits per heavy atom. The summed E-state index contributed by atoms with van der Waals surface area (Å²) in [5, 5.41) is 3.61. The number of hydrogen-bond acceptors (Lipinski definition) is 2. The van der Waals surface area contributed by atoms with E-state index in [9.17, 15) is 4.39 Å². The summed E-state index contributed by atoms with van der Waals surface area (Å²) in [4.78, 5) is 4.16. The lowest BCUT2D eigenvalue weighted by Crippen LogP contribution is -2.32. The number of aromatic nitrogens is 1. The largest absolute Gasteiger partial charge is 0.306 e. The van der Waals surface area contributed by atoms with Crippen molar-refractivity contribution in [3.05, 3.63) is 29.8 Å². The molecule has 0 bridgehead atoms. The second-order valence-corrected chi connectivity index (χ2v) is 4.42. The standard InChI is InChI=1S/C14H23FN2/c1-4-7-12(5-2)17-13(6-3)14-9-8-11(15)10-16-14/h8-10,12-13,17H,4-7H2,1-3H3. The Kier molecular flexibility index (Phi) is 6.12. The second-order valence-electron chi connectivity index (χ2n) is 4.42. The highest BCUT2D eigenvalue weighted by molar-refractivity contribution is 5.10. The molecule has 0 aliphatic rings. The molecule has 1 aromatic rings. The topological polar surface area (TPSA) is 24.9 Å². The van der Waals surface area contributed by atoms with E-state index < -0.39 is 0 Å². The molecule has 0 fully saturated rings. The van der Waals surface area contributed by atoms with Gasteiger partial charge in [0.05, 0.1) is 11.9 Å². The molecule has 0 amide bonds. The van der Waals surface area contributed by atoms with Gasteiger partial charge in [0.25, 0.3) is 0 Å². The van der Waals surface area contributed by atoms with Gasteiger partial charge in [0.1, 0.15) is 5.82 Å². The Hall–Kier alpha value is -0.960. The lowest BCUT2D eigenvalue weighted by molar-refractivity contribution is 0.389. The van der Waals surface area contributed by atoms with E-state index in [0.29, 0.717) is 6.04 Å². The van der Waals surface area contributed by atoms with Crippen LogP contribution < -0.4 is 5.32 Å². The molecule has 0 aromatic carbocycles. The van der Waals surface area contributed by atoms with Crippen LogP contribution in [-0.4, -0.2) is 11.0 Å². The zero-order valence-corrected chi connectivity index (χ0v) is 11.0. The second kappa shape index (κ2) is 7.38. The lowest BCUT2D eigenvalue weighted by Gasteiger charge is -2.23. The van der Waals surface area contributed by atoms with Gasteiger partial charge in [-0.25, -0.2) is 4.39 Å². The van der Waals surface area contributed by atoms with Crippen molar-refractivity contribution < 1.29 is 4.39 Å².